The van der Waals surface area contributed by atoms with Crippen molar-refractivity contribution >= 4 is 12.1 Å². The average molecular weight is 321 g/mol. The van der Waals surface area contributed by atoms with Gasteiger partial charge in [-0.3, -0.25) is 4.79 Å². The summed E-state index contributed by atoms with van der Waals surface area (Å²) in [6.45, 7) is -0.156. The Morgan fingerprint density at radius 1 is 1.38 bits per heavy atom. The van der Waals surface area contributed by atoms with Gasteiger partial charge in [-0.15, -0.1) is 10.2 Å². The van der Waals surface area contributed by atoms with Crippen LogP contribution in [0.4, 0.5) is 0 Å². The van der Waals surface area contributed by atoms with Crippen molar-refractivity contribution in [3.05, 3.63) is 54.0 Å². The third-order valence-electron chi connectivity index (χ3n) is 2.95. The predicted octanol–water partition coefficient (Wildman–Crippen LogP) is 0.955. The second-order valence-electron chi connectivity index (χ2n) is 4.61. The van der Waals surface area contributed by atoms with E-state index in [-0.39, 0.29) is 12.4 Å². The smallest absolute Gasteiger partial charge is 0.263 e. The summed E-state index contributed by atoms with van der Waals surface area (Å²) in [7, 11) is 0. The third kappa shape index (κ3) is 3.50. The molecule has 24 heavy (non-hydrogen) atoms. The first kappa shape index (κ1) is 15.1. The van der Waals surface area contributed by atoms with Crippen molar-refractivity contribution in [2.45, 2.75) is 6.54 Å². The van der Waals surface area contributed by atoms with Gasteiger partial charge in [0.15, 0.2) is 0 Å². The molecular formula is C15H11N7O2. The maximum Gasteiger partial charge on any atom is 0.263 e. The molecule has 3 rings (SSSR count). The number of amides is 1. The van der Waals surface area contributed by atoms with Crippen LogP contribution in [-0.4, -0.2) is 32.3 Å². The largest absolute Gasteiger partial charge is 0.463 e. The van der Waals surface area contributed by atoms with Gasteiger partial charge in [0, 0.05) is 5.56 Å². The summed E-state index contributed by atoms with van der Waals surface area (Å²) in [6.07, 6.45) is 2.88. The lowest BCUT2D eigenvalue weighted by molar-refractivity contribution is -0.122. The highest BCUT2D eigenvalue weighted by Gasteiger charge is 2.11. The number of hydrazone groups is 1. The first-order chi connectivity index (χ1) is 11.8. The molecule has 0 atom stereocenters. The number of tetrazole rings is 1. The Balaban J connectivity index is 1.64. The number of rotatable bonds is 5. The highest BCUT2D eigenvalue weighted by Crippen LogP contribution is 2.17. The molecule has 1 N–H and O–H groups in total. The molecule has 2 aromatic heterocycles. The van der Waals surface area contributed by atoms with Crippen molar-refractivity contribution in [1.82, 2.24) is 25.6 Å². The summed E-state index contributed by atoms with van der Waals surface area (Å²) in [5.41, 5.74) is 3.32. The molecule has 0 saturated heterocycles. The zero-order chi connectivity index (χ0) is 16.8. The molecule has 0 aliphatic carbocycles. The Kier molecular flexibility index (Phi) is 4.39. The van der Waals surface area contributed by atoms with Gasteiger partial charge in [0.25, 0.3) is 5.91 Å². The summed E-state index contributed by atoms with van der Waals surface area (Å²) in [4.78, 5) is 12.9. The molecule has 0 aliphatic heterocycles. The second-order valence-corrected chi connectivity index (χ2v) is 4.61. The highest BCUT2D eigenvalue weighted by atomic mass is 16.3. The number of hydrogen-bond acceptors (Lipinski definition) is 7. The first-order valence-electron chi connectivity index (χ1n) is 6.89. The maximum absolute atomic E-state index is 11.8. The minimum absolute atomic E-state index is 0.156. The fourth-order valence-corrected chi connectivity index (χ4v) is 1.89. The lowest BCUT2D eigenvalue weighted by Gasteiger charge is -1.98. The van der Waals surface area contributed by atoms with Crippen LogP contribution in [0.3, 0.4) is 0 Å². The highest BCUT2D eigenvalue weighted by molar-refractivity contribution is 5.80. The van der Waals surface area contributed by atoms with E-state index in [4.69, 9.17) is 9.68 Å². The SMILES string of the molecule is N#Cc1ccccc1-c1nnn(CC(=O)N/N=C/c2ccco2)n1. The van der Waals surface area contributed by atoms with Crippen LogP contribution in [0, 0.1) is 11.3 Å². The van der Waals surface area contributed by atoms with Crippen LogP contribution in [0.15, 0.2) is 52.2 Å². The number of nitrogens with zero attached hydrogens (tertiary/aromatic N) is 6. The number of nitriles is 1. The molecule has 0 spiro atoms. The molecule has 0 radical (unpaired) electrons. The molecule has 118 valence electrons. The molecule has 9 nitrogen and oxygen atoms in total. The zero-order valence-corrected chi connectivity index (χ0v) is 12.3. The van der Waals surface area contributed by atoms with E-state index in [0.29, 0.717) is 16.9 Å². The maximum atomic E-state index is 11.8. The average Bonchev–Trinajstić information content (AvgIpc) is 3.27. The van der Waals surface area contributed by atoms with E-state index in [9.17, 15) is 4.79 Å². The number of furan rings is 1. The van der Waals surface area contributed by atoms with Crippen molar-refractivity contribution < 1.29 is 9.21 Å². The molecule has 0 fully saturated rings. The van der Waals surface area contributed by atoms with Gasteiger partial charge < -0.3 is 4.42 Å². The molecule has 0 aliphatic rings. The van der Waals surface area contributed by atoms with Crippen LogP contribution < -0.4 is 5.43 Å². The fourth-order valence-electron chi connectivity index (χ4n) is 1.89. The van der Waals surface area contributed by atoms with Gasteiger partial charge in [0.1, 0.15) is 12.3 Å². The molecular weight excluding hydrogens is 310 g/mol. The lowest BCUT2D eigenvalue weighted by Crippen LogP contribution is -2.24. The molecule has 0 saturated carbocycles. The van der Waals surface area contributed by atoms with E-state index in [1.807, 2.05) is 0 Å². The standard InChI is InChI=1S/C15H11N7O2/c16-8-11-4-1-2-6-13(11)15-19-21-22(20-15)10-14(23)18-17-9-12-5-3-7-24-12/h1-7,9H,10H2,(H,18,23)/b17-9+. The minimum Gasteiger partial charge on any atom is -0.463 e. The van der Waals surface area contributed by atoms with Gasteiger partial charge in [-0.25, -0.2) is 5.43 Å². The normalized spacial score (nSPS) is 10.6. The number of carbonyl (C=O) groups is 1. The van der Waals surface area contributed by atoms with Crippen LogP contribution in [0.2, 0.25) is 0 Å². The second kappa shape index (κ2) is 6.97. The van der Waals surface area contributed by atoms with Crippen molar-refractivity contribution in [2.75, 3.05) is 0 Å². The third-order valence-corrected chi connectivity index (χ3v) is 2.95. The number of aromatic nitrogens is 4. The van der Waals surface area contributed by atoms with Crippen molar-refractivity contribution in [1.29, 1.82) is 5.26 Å². The van der Waals surface area contributed by atoms with E-state index in [1.54, 1.807) is 36.4 Å². The molecule has 1 aromatic carbocycles. The number of nitrogens with one attached hydrogen (secondary N) is 1. The van der Waals surface area contributed by atoms with E-state index >= 15 is 0 Å². The topological polar surface area (TPSA) is 122 Å². The molecule has 0 bridgehead atoms. The van der Waals surface area contributed by atoms with Crippen LogP contribution in [0.5, 0.6) is 0 Å². The summed E-state index contributed by atoms with van der Waals surface area (Å²) in [5.74, 6) is 0.374. The number of benzene rings is 1. The van der Waals surface area contributed by atoms with Gasteiger partial charge in [-0.1, -0.05) is 12.1 Å². The van der Waals surface area contributed by atoms with Gasteiger partial charge in [0.05, 0.1) is 24.1 Å². The van der Waals surface area contributed by atoms with Crippen LogP contribution in [0.25, 0.3) is 11.4 Å². The lowest BCUT2D eigenvalue weighted by atomic mass is 10.1. The van der Waals surface area contributed by atoms with Crippen molar-refractivity contribution in [3.63, 3.8) is 0 Å². The summed E-state index contributed by atoms with van der Waals surface area (Å²) in [5, 5.41) is 24.6. The summed E-state index contributed by atoms with van der Waals surface area (Å²) >= 11 is 0. The Labute approximate surface area is 136 Å². The van der Waals surface area contributed by atoms with Crippen molar-refractivity contribution in [2.24, 2.45) is 5.10 Å². The first-order valence-corrected chi connectivity index (χ1v) is 6.89. The number of hydrogen-bond donors (Lipinski definition) is 1. The zero-order valence-electron chi connectivity index (χ0n) is 12.3. The molecule has 2 heterocycles. The van der Waals surface area contributed by atoms with E-state index in [1.165, 1.54) is 12.5 Å². The number of carbonyl (C=O) groups excluding carboxylic acids is 1. The fraction of sp³-hybridized carbons (Fsp3) is 0.0667. The van der Waals surface area contributed by atoms with Gasteiger partial charge in [-0.2, -0.15) is 15.2 Å². The Morgan fingerprint density at radius 2 is 2.25 bits per heavy atom. The van der Waals surface area contributed by atoms with Gasteiger partial charge in [0.2, 0.25) is 5.82 Å². The summed E-state index contributed by atoms with van der Waals surface area (Å²) in [6, 6.07) is 12.4. The van der Waals surface area contributed by atoms with Gasteiger partial charge in [-0.05, 0) is 29.5 Å². The molecule has 3 aromatic rings. The Hall–Kier alpha value is -3.80. The van der Waals surface area contributed by atoms with Crippen molar-refractivity contribution in [3.8, 4) is 17.5 Å². The molecule has 1 amide bonds. The van der Waals surface area contributed by atoms with Crippen LogP contribution >= 0.6 is 0 Å². The molecule has 9 heteroatoms. The van der Waals surface area contributed by atoms with Gasteiger partial charge >= 0.3 is 0 Å². The predicted molar refractivity (Wildman–Crippen MR) is 82.4 cm³/mol. The van der Waals surface area contributed by atoms with Crippen LogP contribution in [0.1, 0.15) is 11.3 Å². The van der Waals surface area contributed by atoms with E-state index in [2.05, 4.69) is 32.0 Å². The van der Waals surface area contributed by atoms with E-state index in [0.717, 1.165) is 4.80 Å². The summed E-state index contributed by atoms with van der Waals surface area (Å²) < 4.78 is 5.04. The quantitative estimate of drug-likeness (QED) is 0.551. The Bertz CT molecular complexity index is 906. The monoisotopic (exact) mass is 321 g/mol. The molecule has 0 unspecified atom stereocenters. The Morgan fingerprint density at radius 3 is 3.04 bits per heavy atom. The van der Waals surface area contributed by atoms with E-state index < -0.39 is 5.91 Å². The van der Waals surface area contributed by atoms with Crippen LogP contribution in [-0.2, 0) is 11.3 Å². The minimum atomic E-state index is -0.421.